The Bertz CT molecular complexity index is 1160. The first-order valence-corrected chi connectivity index (χ1v) is 12.4. The minimum atomic E-state index is -4.37. The molecule has 1 aromatic heterocycles. The van der Waals surface area contributed by atoms with E-state index in [0.717, 1.165) is 16.5 Å². The zero-order valence-electron chi connectivity index (χ0n) is 19.3. The van der Waals surface area contributed by atoms with Gasteiger partial charge in [0.05, 0.1) is 0 Å². The minimum Gasteiger partial charge on any atom is -0.480 e. The minimum absolute atomic E-state index is 0.00811. The van der Waals surface area contributed by atoms with Crippen molar-refractivity contribution < 1.29 is 32.7 Å². The van der Waals surface area contributed by atoms with Crippen molar-refractivity contribution in [3.05, 3.63) is 36.0 Å². The average Bonchev–Trinajstić information content (AvgIpc) is 3.13. The number of H-pyrrole nitrogens is 1. The smallest absolute Gasteiger partial charge is 0.320 e. The summed E-state index contributed by atoms with van der Waals surface area (Å²) in [6.45, 7) is 3.67. The third-order valence-electron chi connectivity index (χ3n) is 5.12. The Hall–Kier alpha value is -3.41. The van der Waals surface area contributed by atoms with Crippen molar-refractivity contribution in [2.75, 3.05) is 12.8 Å². The second kappa shape index (κ2) is 11.6. The van der Waals surface area contributed by atoms with Crippen LogP contribution in [0.5, 0.6) is 0 Å². The summed E-state index contributed by atoms with van der Waals surface area (Å²) in [4.78, 5) is 51.6. The molecule has 0 bridgehead atoms. The highest BCUT2D eigenvalue weighted by atomic mass is 32.2. The molecule has 2 unspecified atom stereocenters. The number of hydrogen-bond acceptors (Lipinski definition) is 6. The number of rotatable bonds is 12. The van der Waals surface area contributed by atoms with Crippen molar-refractivity contribution in [1.29, 1.82) is 0 Å². The van der Waals surface area contributed by atoms with Crippen LogP contribution in [0.1, 0.15) is 32.3 Å². The van der Waals surface area contributed by atoms with E-state index in [1.54, 1.807) is 10.9 Å². The van der Waals surface area contributed by atoms with E-state index in [0.29, 0.717) is 0 Å². The number of hydrogen-bond donors (Lipinski definition) is 5. The van der Waals surface area contributed by atoms with Gasteiger partial charge in [-0.15, -0.1) is 0 Å². The molecule has 186 valence electrons. The molecule has 34 heavy (non-hydrogen) atoms. The van der Waals surface area contributed by atoms with Gasteiger partial charge in [-0.05, 0) is 24.0 Å². The number of carboxylic acid groups (broad SMARTS) is 1. The molecule has 1 aromatic carbocycles. The summed E-state index contributed by atoms with van der Waals surface area (Å²) in [5.41, 5.74) is 1.71. The molecular formula is C22H30N4O7S. The lowest BCUT2D eigenvalue weighted by atomic mass is 9.92. The summed E-state index contributed by atoms with van der Waals surface area (Å²) in [6, 6.07) is 6.60. The monoisotopic (exact) mass is 494 g/mol. The fourth-order valence-corrected chi connectivity index (χ4v) is 4.51. The first kappa shape index (κ1) is 26.8. The maximum Gasteiger partial charge on any atom is 0.320 e. The van der Waals surface area contributed by atoms with Gasteiger partial charge in [-0.25, -0.2) is 8.42 Å². The Balaban J connectivity index is 2.17. The maximum absolute atomic E-state index is 13.1. The summed E-state index contributed by atoms with van der Waals surface area (Å²) >= 11 is 0. The number of fused-ring (bicyclic) bond motifs is 1. The van der Waals surface area contributed by atoms with Crippen LogP contribution in [-0.2, 0) is 35.6 Å². The number of carbonyl (C=O) groups excluding carboxylic acids is 3. The molecule has 0 radical (unpaired) electrons. The number of carboxylic acids is 1. The van der Waals surface area contributed by atoms with Crippen LogP contribution in [0, 0.1) is 11.8 Å². The van der Waals surface area contributed by atoms with Crippen LogP contribution in [0.3, 0.4) is 0 Å². The van der Waals surface area contributed by atoms with Crippen molar-refractivity contribution in [2.24, 2.45) is 11.8 Å². The van der Waals surface area contributed by atoms with E-state index < -0.39 is 57.8 Å². The first-order chi connectivity index (χ1) is 15.9. The highest BCUT2D eigenvalue weighted by Crippen LogP contribution is 2.20. The highest BCUT2D eigenvalue weighted by molar-refractivity contribution is 7.90. The number of amides is 3. The topological polar surface area (TPSA) is 175 Å². The molecule has 0 saturated carbocycles. The quantitative estimate of drug-likeness (QED) is 0.286. The number of aromatic amines is 1. The zero-order valence-corrected chi connectivity index (χ0v) is 20.1. The largest absolute Gasteiger partial charge is 0.480 e. The Labute approximate surface area is 197 Å². The fourth-order valence-electron chi connectivity index (χ4n) is 3.68. The van der Waals surface area contributed by atoms with Crippen LogP contribution in [0.4, 0.5) is 0 Å². The molecule has 0 spiro atoms. The molecule has 5 N–H and O–H groups in total. The van der Waals surface area contributed by atoms with E-state index in [1.165, 1.54) is 7.05 Å². The Kier molecular flexibility index (Phi) is 9.19. The second-order valence-electron chi connectivity index (χ2n) is 8.45. The summed E-state index contributed by atoms with van der Waals surface area (Å²) in [5.74, 6) is -5.79. The Morgan fingerprint density at radius 2 is 1.76 bits per heavy atom. The van der Waals surface area contributed by atoms with Crippen molar-refractivity contribution >= 4 is 44.6 Å². The van der Waals surface area contributed by atoms with Crippen LogP contribution in [-0.4, -0.2) is 61.0 Å². The van der Waals surface area contributed by atoms with E-state index >= 15 is 0 Å². The molecule has 12 heteroatoms. The molecule has 2 rings (SSSR count). The number of aromatic nitrogens is 1. The molecule has 2 atom stereocenters. The van der Waals surface area contributed by atoms with Crippen LogP contribution in [0.15, 0.2) is 30.5 Å². The van der Waals surface area contributed by atoms with Crippen LogP contribution in [0.2, 0.25) is 0 Å². The van der Waals surface area contributed by atoms with E-state index in [-0.39, 0.29) is 18.8 Å². The molecule has 11 nitrogen and oxygen atoms in total. The van der Waals surface area contributed by atoms with Crippen LogP contribution in [0.25, 0.3) is 10.9 Å². The van der Waals surface area contributed by atoms with Crippen LogP contribution < -0.4 is 15.4 Å². The number of likely N-dealkylation sites (N-methyl/N-ethyl adjacent to an activating group) is 1. The highest BCUT2D eigenvalue weighted by Gasteiger charge is 2.29. The summed E-state index contributed by atoms with van der Waals surface area (Å²) < 4.78 is 25.2. The number of carbonyl (C=O) groups is 4. The number of nitrogens with one attached hydrogen (secondary N) is 4. The third-order valence-corrected chi connectivity index (χ3v) is 6.29. The molecule has 0 fully saturated rings. The zero-order chi connectivity index (χ0) is 25.5. The first-order valence-electron chi connectivity index (χ1n) is 10.7. The van der Waals surface area contributed by atoms with Gasteiger partial charge in [0.15, 0.2) is 5.75 Å². The van der Waals surface area contributed by atoms with Crippen molar-refractivity contribution in [2.45, 2.75) is 39.2 Å². The molecule has 0 aliphatic carbocycles. The standard InChI is InChI=1S/C22H30N4O7S/c1-13(2)8-14(10-19(27)26-34(32,33)12-20(28)29)21(30)25-18(22(31)23-3)9-15-11-24-17-7-5-4-6-16(15)17/h4-7,11,13-14,18,24H,8-10,12H2,1-3H3,(H,23,31)(H,25,30)(H,26,27)(H,28,29). The lowest BCUT2D eigenvalue weighted by molar-refractivity contribution is -0.134. The molecule has 0 saturated heterocycles. The number of aliphatic carboxylic acids is 1. The van der Waals surface area contributed by atoms with E-state index in [4.69, 9.17) is 5.11 Å². The van der Waals surface area contributed by atoms with Gasteiger partial charge in [0, 0.05) is 42.9 Å². The van der Waals surface area contributed by atoms with Crippen molar-refractivity contribution in [3.63, 3.8) is 0 Å². The van der Waals surface area contributed by atoms with Crippen molar-refractivity contribution in [1.82, 2.24) is 20.3 Å². The van der Waals surface area contributed by atoms with Crippen molar-refractivity contribution in [3.8, 4) is 0 Å². The molecule has 3 amide bonds. The molecule has 0 aliphatic rings. The fraction of sp³-hybridized carbons (Fsp3) is 0.455. The molecule has 0 aliphatic heterocycles. The molecular weight excluding hydrogens is 464 g/mol. The third kappa shape index (κ3) is 7.87. The number of para-hydroxylation sites is 1. The maximum atomic E-state index is 13.1. The van der Waals surface area contributed by atoms with E-state index in [1.807, 2.05) is 38.1 Å². The van der Waals surface area contributed by atoms with E-state index in [2.05, 4.69) is 15.6 Å². The Morgan fingerprint density at radius 3 is 2.38 bits per heavy atom. The Morgan fingerprint density at radius 1 is 1.09 bits per heavy atom. The van der Waals surface area contributed by atoms with Gasteiger partial charge in [0.1, 0.15) is 6.04 Å². The van der Waals surface area contributed by atoms with Gasteiger partial charge in [0.25, 0.3) is 0 Å². The van der Waals surface area contributed by atoms with Gasteiger partial charge < -0.3 is 20.7 Å². The van der Waals surface area contributed by atoms with Gasteiger partial charge >= 0.3 is 5.97 Å². The number of sulfonamides is 1. The predicted octanol–water partition coefficient (Wildman–Crippen LogP) is 0.524. The normalized spacial score (nSPS) is 13.3. The van der Waals surface area contributed by atoms with Gasteiger partial charge in [-0.2, -0.15) is 0 Å². The summed E-state index contributed by atoms with van der Waals surface area (Å²) in [7, 11) is -2.93. The predicted molar refractivity (Wildman–Crippen MR) is 125 cm³/mol. The average molecular weight is 495 g/mol. The lowest BCUT2D eigenvalue weighted by Gasteiger charge is -2.23. The van der Waals surface area contributed by atoms with Gasteiger partial charge in [0.2, 0.25) is 27.7 Å². The van der Waals surface area contributed by atoms with Gasteiger partial charge in [-0.1, -0.05) is 32.0 Å². The molecule has 2 aromatic rings. The van der Waals surface area contributed by atoms with Gasteiger partial charge in [-0.3, -0.25) is 23.9 Å². The van der Waals surface area contributed by atoms with E-state index in [9.17, 15) is 27.6 Å². The SMILES string of the molecule is CNC(=O)C(Cc1c[nH]c2ccccc12)NC(=O)C(CC(=O)NS(=O)(=O)CC(=O)O)CC(C)C. The second-order valence-corrected chi connectivity index (χ2v) is 10.2. The van der Waals surface area contributed by atoms with Crippen LogP contribution >= 0.6 is 0 Å². The molecule has 1 heterocycles. The summed E-state index contributed by atoms with van der Waals surface area (Å²) in [5, 5.41) is 14.8. The summed E-state index contributed by atoms with van der Waals surface area (Å²) in [6.07, 6.45) is 1.74. The number of benzene rings is 1. The lowest BCUT2D eigenvalue weighted by Crippen LogP contribution is -2.49.